The molecule has 2 aromatic rings. The minimum atomic E-state index is 0.470. The van der Waals surface area contributed by atoms with Gasteiger partial charge in [-0.3, -0.25) is 0 Å². The van der Waals surface area contributed by atoms with Gasteiger partial charge in [-0.05, 0) is 52.3 Å². The Morgan fingerprint density at radius 3 is 2.74 bits per heavy atom. The van der Waals surface area contributed by atoms with Crippen LogP contribution in [0.15, 0.2) is 54.1 Å². The van der Waals surface area contributed by atoms with Crippen molar-refractivity contribution < 1.29 is 0 Å². The van der Waals surface area contributed by atoms with Crippen molar-refractivity contribution in [3.63, 3.8) is 0 Å². The van der Waals surface area contributed by atoms with Crippen LogP contribution in [0, 0.1) is 0 Å². The van der Waals surface area contributed by atoms with E-state index >= 15 is 0 Å². The van der Waals surface area contributed by atoms with E-state index in [-0.39, 0.29) is 0 Å². The first kappa shape index (κ1) is 11.5. The van der Waals surface area contributed by atoms with Crippen LogP contribution < -0.4 is 0 Å². The van der Waals surface area contributed by atoms with Crippen molar-refractivity contribution in [1.29, 1.82) is 0 Å². The highest BCUT2D eigenvalue weighted by molar-refractivity contribution is 9.09. The zero-order valence-electron chi connectivity index (χ0n) is 10.7. The normalized spacial score (nSPS) is 21.4. The maximum atomic E-state index is 3.88. The Kier molecular flexibility index (Phi) is 2.63. The molecule has 0 bridgehead atoms. The Bertz CT molecular complexity index is 722. The lowest BCUT2D eigenvalue weighted by atomic mass is 9.79. The van der Waals surface area contributed by atoms with Gasteiger partial charge < -0.3 is 0 Å². The third-order valence-corrected chi connectivity index (χ3v) is 5.06. The lowest BCUT2D eigenvalue weighted by molar-refractivity contribution is 0.930. The lowest BCUT2D eigenvalue weighted by Crippen LogP contribution is -2.18. The SMILES string of the molecule is BrC1Cc2c(ccc3ccccc23)C2=CCCC=C21. The van der Waals surface area contributed by atoms with Crippen LogP contribution in [0.4, 0.5) is 0 Å². The topological polar surface area (TPSA) is 0 Å². The summed E-state index contributed by atoms with van der Waals surface area (Å²) in [6.45, 7) is 0. The molecular weight excluding hydrogens is 296 g/mol. The van der Waals surface area contributed by atoms with Gasteiger partial charge in [0.15, 0.2) is 0 Å². The molecule has 19 heavy (non-hydrogen) atoms. The molecule has 0 fully saturated rings. The predicted molar refractivity (Wildman–Crippen MR) is 85.7 cm³/mol. The second kappa shape index (κ2) is 4.35. The fourth-order valence-corrected chi connectivity index (χ4v) is 4.11. The van der Waals surface area contributed by atoms with Gasteiger partial charge in [0.1, 0.15) is 0 Å². The fourth-order valence-electron chi connectivity index (χ4n) is 3.35. The molecule has 0 spiro atoms. The van der Waals surface area contributed by atoms with Gasteiger partial charge in [-0.1, -0.05) is 64.5 Å². The zero-order valence-corrected chi connectivity index (χ0v) is 12.3. The molecule has 0 saturated heterocycles. The highest BCUT2D eigenvalue weighted by Crippen LogP contribution is 2.43. The highest BCUT2D eigenvalue weighted by Gasteiger charge is 2.27. The Balaban J connectivity index is 2.03. The quantitative estimate of drug-likeness (QED) is 0.582. The van der Waals surface area contributed by atoms with Gasteiger partial charge in [0.2, 0.25) is 0 Å². The van der Waals surface area contributed by atoms with Crippen molar-refractivity contribution in [3.8, 4) is 0 Å². The maximum Gasteiger partial charge on any atom is 0.0438 e. The first-order valence-electron chi connectivity index (χ1n) is 6.90. The molecule has 94 valence electrons. The van der Waals surface area contributed by atoms with Gasteiger partial charge in [0, 0.05) is 4.83 Å². The van der Waals surface area contributed by atoms with E-state index in [1.165, 1.54) is 45.9 Å². The Morgan fingerprint density at radius 1 is 0.947 bits per heavy atom. The Morgan fingerprint density at radius 2 is 1.79 bits per heavy atom. The van der Waals surface area contributed by atoms with Crippen LogP contribution in [-0.4, -0.2) is 4.83 Å². The smallest absolute Gasteiger partial charge is 0.0438 e. The molecule has 1 atom stereocenters. The van der Waals surface area contributed by atoms with E-state index in [0.717, 1.165) is 6.42 Å². The summed E-state index contributed by atoms with van der Waals surface area (Å²) in [7, 11) is 0. The molecule has 1 heteroatoms. The van der Waals surface area contributed by atoms with Crippen molar-refractivity contribution in [2.75, 3.05) is 0 Å². The Hall–Kier alpha value is -1.34. The van der Waals surface area contributed by atoms with Crippen molar-refractivity contribution in [2.24, 2.45) is 0 Å². The zero-order chi connectivity index (χ0) is 12.8. The van der Waals surface area contributed by atoms with Crippen molar-refractivity contribution in [1.82, 2.24) is 0 Å². The van der Waals surface area contributed by atoms with E-state index < -0.39 is 0 Å². The average Bonchev–Trinajstić information content (AvgIpc) is 2.47. The molecule has 2 aromatic carbocycles. The van der Waals surface area contributed by atoms with Gasteiger partial charge in [0.05, 0.1) is 0 Å². The van der Waals surface area contributed by atoms with E-state index in [1.54, 1.807) is 0 Å². The van der Waals surface area contributed by atoms with Crippen LogP contribution in [0.25, 0.3) is 16.3 Å². The van der Waals surface area contributed by atoms with E-state index in [9.17, 15) is 0 Å². The van der Waals surface area contributed by atoms with Crippen LogP contribution in [0.3, 0.4) is 0 Å². The molecule has 2 aliphatic rings. The van der Waals surface area contributed by atoms with Crippen molar-refractivity contribution >= 4 is 32.3 Å². The monoisotopic (exact) mass is 310 g/mol. The standard InChI is InChI=1S/C18H15Br/c19-18-11-17-13-6-2-1-5-12(13)9-10-15(17)14-7-3-4-8-16(14)18/h1-2,5-10,18H,3-4,11H2. The highest BCUT2D eigenvalue weighted by atomic mass is 79.9. The van der Waals surface area contributed by atoms with Crippen molar-refractivity contribution in [3.05, 3.63) is 65.3 Å². The first-order valence-corrected chi connectivity index (χ1v) is 7.82. The molecule has 2 aliphatic carbocycles. The average molecular weight is 311 g/mol. The predicted octanol–water partition coefficient (Wildman–Crippen LogP) is 5.26. The number of hydrogen-bond acceptors (Lipinski definition) is 0. The molecule has 4 rings (SSSR count). The first-order chi connectivity index (χ1) is 9.34. The van der Waals surface area contributed by atoms with Gasteiger partial charge in [-0.25, -0.2) is 0 Å². The number of alkyl halides is 1. The summed E-state index contributed by atoms with van der Waals surface area (Å²) in [5.74, 6) is 0. The van der Waals surface area contributed by atoms with E-state index in [4.69, 9.17) is 0 Å². The summed E-state index contributed by atoms with van der Waals surface area (Å²) in [6.07, 6.45) is 8.28. The molecular formula is C18H15Br. The van der Waals surface area contributed by atoms with E-state index in [2.05, 4.69) is 64.5 Å². The molecule has 0 aromatic heterocycles. The summed E-state index contributed by atoms with van der Waals surface area (Å²) >= 11 is 3.88. The third-order valence-electron chi connectivity index (χ3n) is 4.24. The molecule has 0 amide bonds. The Labute approximate surface area is 122 Å². The van der Waals surface area contributed by atoms with Crippen LogP contribution in [-0.2, 0) is 6.42 Å². The largest absolute Gasteiger partial charge is 0.0835 e. The molecule has 0 saturated carbocycles. The second-order valence-corrected chi connectivity index (χ2v) is 6.44. The number of rotatable bonds is 0. The van der Waals surface area contributed by atoms with Crippen LogP contribution >= 0.6 is 15.9 Å². The second-order valence-electron chi connectivity index (χ2n) is 5.34. The van der Waals surface area contributed by atoms with Gasteiger partial charge in [0.25, 0.3) is 0 Å². The van der Waals surface area contributed by atoms with Crippen LogP contribution in [0.2, 0.25) is 0 Å². The van der Waals surface area contributed by atoms with E-state index in [0.29, 0.717) is 4.83 Å². The van der Waals surface area contributed by atoms with Gasteiger partial charge in [-0.2, -0.15) is 0 Å². The minimum absolute atomic E-state index is 0.470. The van der Waals surface area contributed by atoms with Crippen molar-refractivity contribution in [2.45, 2.75) is 24.1 Å². The summed E-state index contributed by atoms with van der Waals surface area (Å²) < 4.78 is 0. The van der Waals surface area contributed by atoms with Crippen LogP contribution in [0.5, 0.6) is 0 Å². The number of allylic oxidation sites excluding steroid dienone is 4. The molecule has 0 aliphatic heterocycles. The molecule has 0 nitrogen and oxygen atoms in total. The summed E-state index contributed by atoms with van der Waals surface area (Å²) in [5.41, 5.74) is 5.90. The molecule has 0 radical (unpaired) electrons. The molecule has 1 unspecified atom stereocenters. The number of benzene rings is 2. The fraction of sp³-hybridized carbons (Fsp3) is 0.222. The minimum Gasteiger partial charge on any atom is -0.0835 e. The molecule has 0 N–H and O–H groups in total. The van der Waals surface area contributed by atoms with Gasteiger partial charge >= 0.3 is 0 Å². The molecule has 0 heterocycles. The third kappa shape index (κ3) is 1.72. The number of fused-ring (bicyclic) bond motifs is 5. The van der Waals surface area contributed by atoms with Gasteiger partial charge in [-0.15, -0.1) is 0 Å². The summed E-state index contributed by atoms with van der Waals surface area (Å²) in [5, 5.41) is 2.76. The summed E-state index contributed by atoms with van der Waals surface area (Å²) in [6, 6.07) is 13.3. The summed E-state index contributed by atoms with van der Waals surface area (Å²) in [4.78, 5) is 0.470. The number of hydrogen-bond donors (Lipinski definition) is 0. The maximum absolute atomic E-state index is 3.88. The van der Waals surface area contributed by atoms with E-state index in [1.807, 2.05) is 0 Å². The lowest BCUT2D eigenvalue weighted by Gasteiger charge is -2.30. The van der Waals surface area contributed by atoms with Crippen LogP contribution in [0.1, 0.15) is 24.0 Å². The number of halogens is 1.